The Bertz CT molecular complexity index is 1100. The number of oxime groups is 1. The fraction of sp³-hybridized carbons (Fsp3) is 0.391. The van der Waals surface area contributed by atoms with Crippen molar-refractivity contribution < 1.29 is 22.8 Å². The Balaban J connectivity index is 1.62. The second kappa shape index (κ2) is 12.7. The summed E-state index contributed by atoms with van der Waals surface area (Å²) in [6.45, 7) is 2.30. The summed E-state index contributed by atoms with van der Waals surface area (Å²) in [5.74, 6) is -0.172. The van der Waals surface area contributed by atoms with Crippen LogP contribution in [0.4, 0.5) is 18.9 Å². The molecule has 0 radical (unpaired) electrons. The normalized spacial score (nSPS) is 12.1. The number of nitrogens with zero attached hydrogens (tertiary/aromatic N) is 5. The summed E-state index contributed by atoms with van der Waals surface area (Å²) in [5.41, 5.74) is 1.76. The molecule has 0 aliphatic carbocycles. The molecule has 12 heteroatoms. The standard InChI is InChI=1S/C23H25ClF3N5O2S/c1-2-31(19-16-32(29-22(19)24)17-7-5-12-28-15-17)21(33)10-9-18(20-8-6-14-35-20)30-34-13-4-3-11-23(25,26)27/h5-8,12,14-16H,2-4,9-11,13H2,1H3/b30-18-. The highest BCUT2D eigenvalue weighted by Gasteiger charge is 2.26. The number of carbonyl (C=O) groups excluding carboxylic acids is 1. The highest BCUT2D eigenvalue weighted by atomic mass is 35.5. The minimum absolute atomic E-state index is 0.0230. The van der Waals surface area contributed by atoms with E-state index in [-0.39, 0.29) is 36.9 Å². The number of amides is 1. The predicted molar refractivity (Wildman–Crippen MR) is 130 cm³/mol. The topological polar surface area (TPSA) is 72.6 Å². The summed E-state index contributed by atoms with van der Waals surface area (Å²) in [5, 5.41) is 10.5. The number of aromatic nitrogens is 3. The maximum Gasteiger partial charge on any atom is 0.389 e. The number of alkyl halides is 3. The quantitative estimate of drug-likeness (QED) is 0.158. The molecule has 0 spiro atoms. The van der Waals surface area contributed by atoms with E-state index in [0.29, 0.717) is 30.1 Å². The van der Waals surface area contributed by atoms with Crippen molar-refractivity contribution in [1.29, 1.82) is 0 Å². The van der Waals surface area contributed by atoms with Gasteiger partial charge < -0.3 is 9.74 Å². The number of pyridine rings is 1. The summed E-state index contributed by atoms with van der Waals surface area (Å²) < 4.78 is 38.4. The minimum atomic E-state index is -4.17. The van der Waals surface area contributed by atoms with Gasteiger partial charge in [-0.1, -0.05) is 22.8 Å². The molecule has 0 aliphatic heterocycles. The van der Waals surface area contributed by atoms with Gasteiger partial charge in [0.2, 0.25) is 5.91 Å². The lowest BCUT2D eigenvalue weighted by Crippen LogP contribution is -2.30. The predicted octanol–water partition coefficient (Wildman–Crippen LogP) is 6.27. The molecule has 0 aromatic carbocycles. The molecule has 0 fully saturated rings. The van der Waals surface area contributed by atoms with E-state index >= 15 is 0 Å². The summed E-state index contributed by atoms with van der Waals surface area (Å²) in [7, 11) is 0. The van der Waals surface area contributed by atoms with Crippen LogP contribution in [0.25, 0.3) is 5.69 Å². The first-order valence-electron chi connectivity index (χ1n) is 11.0. The second-order valence-electron chi connectivity index (χ2n) is 7.52. The van der Waals surface area contributed by atoms with Crippen LogP contribution in [-0.4, -0.2) is 45.7 Å². The molecule has 3 aromatic rings. The van der Waals surface area contributed by atoms with E-state index in [1.807, 2.05) is 30.5 Å². The van der Waals surface area contributed by atoms with Crippen molar-refractivity contribution in [2.24, 2.45) is 5.16 Å². The SMILES string of the molecule is CCN(C(=O)CC/C(=N/OCCCCC(F)(F)F)c1cccs1)c1cn(-c2cccnc2)nc1Cl. The molecule has 0 saturated carbocycles. The smallest absolute Gasteiger partial charge is 0.389 e. The van der Waals surface area contributed by atoms with Gasteiger partial charge in [-0.25, -0.2) is 4.68 Å². The maximum absolute atomic E-state index is 13.1. The van der Waals surface area contributed by atoms with Gasteiger partial charge in [-0.15, -0.1) is 11.3 Å². The lowest BCUT2D eigenvalue weighted by Gasteiger charge is -2.19. The van der Waals surface area contributed by atoms with E-state index < -0.39 is 12.6 Å². The van der Waals surface area contributed by atoms with Crippen molar-refractivity contribution in [2.45, 2.75) is 45.2 Å². The van der Waals surface area contributed by atoms with Gasteiger partial charge in [-0.2, -0.15) is 18.3 Å². The van der Waals surface area contributed by atoms with Crippen LogP contribution >= 0.6 is 22.9 Å². The third-order valence-corrected chi connectivity index (χ3v) is 6.16. The monoisotopic (exact) mass is 527 g/mol. The van der Waals surface area contributed by atoms with E-state index in [2.05, 4.69) is 15.2 Å². The van der Waals surface area contributed by atoms with Gasteiger partial charge in [0.05, 0.1) is 28.7 Å². The van der Waals surface area contributed by atoms with Crippen molar-refractivity contribution in [3.8, 4) is 5.69 Å². The van der Waals surface area contributed by atoms with E-state index in [9.17, 15) is 18.0 Å². The lowest BCUT2D eigenvalue weighted by atomic mass is 10.1. The Morgan fingerprint density at radius 2 is 2.09 bits per heavy atom. The van der Waals surface area contributed by atoms with Crippen LogP contribution in [0.15, 0.2) is 53.4 Å². The van der Waals surface area contributed by atoms with E-state index in [4.69, 9.17) is 16.4 Å². The van der Waals surface area contributed by atoms with Crippen LogP contribution in [0, 0.1) is 0 Å². The third kappa shape index (κ3) is 8.07. The van der Waals surface area contributed by atoms with Crippen molar-refractivity contribution in [3.05, 3.63) is 58.3 Å². The Hall–Kier alpha value is -2.92. The summed E-state index contributed by atoms with van der Waals surface area (Å²) in [6.07, 6.45) is 0.595. The molecular formula is C23H25ClF3N5O2S. The molecule has 0 unspecified atom stereocenters. The van der Waals surface area contributed by atoms with Gasteiger partial charge >= 0.3 is 6.18 Å². The van der Waals surface area contributed by atoms with E-state index in [1.54, 1.807) is 34.2 Å². The summed E-state index contributed by atoms with van der Waals surface area (Å²) in [4.78, 5) is 24.8. The largest absolute Gasteiger partial charge is 0.396 e. The molecule has 0 atom stereocenters. The first kappa shape index (κ1) is 26.7. The average Bonchev–Trinajstić information content (AvgIpc) is 3.49. The maximum atomic E-state index is 13.1. The van der Waals surface area contributed by atoms with Crippen LogP contribution in [0.1, 0.15) is 43.9 Å². The van der Waals surface area contributed by atoms with Gasteiger partial charge in [-0.3, -0.25) is 9.78 Å². The molecule has 35 heavy (non-hydrogen) atoms. The Morgan fingerprint density at radius 1 is 1.26 bits per heavy atom. The molecule has 1 amide bonds. The zero-order valence-corrected chi connectivity index (χ0v) is 20.6. The van der Waals surface area contributed by atoms with Crippen LogP contribution in [0.3, 0.4) is 0 Å². The number of thiophene rings is 1. The van der Waals surface area contributed by atoms with E-state index in [1.165, 1.54) is 11.3 Å². The highest BCUT2D eigenvalue weighted by Crippen LogP contribution is 2.27. The van der Waals surface area contributed by atoms with Gasteiger partial charge in [-0.05, 0) is 43.3 Å². The van der Waals surface area contributed by atoms with Crippen LogP contribution in [0.2, 0.25) is 5.15 Å². The number of unbranched alkanes of at least 4 members (excludes halogenated alkanes) is 1. The number of rotatable bonds is 12. The molecule has 3 rings (SSSR count). The van der Waals surface area contributed by atoms with Crippen LogP contribution in [0.5, 0.6) is 0 Å². The number of anilines is 1. The third-order valence-electron chi connectivity index (χ3n) is 4.97. The Labute approximate surface area is 210 Å². The number of carbonyl (C=O) groups is 1. The van der Waals surface area contributed by atoms with Gasteiger partial charge in [0.15, 0.2) is 5.15 Å². The fourth-order valence-electron chi connectivity index (χ4n) is 3.26. The summed E-state index contributed by atoms with van der Waals surface area (Å²) >= 11 is 7.78. The first-order valence-corrected chi connectivity index (χ1v) is 12.3. The van der Waals surface area contributed by atoms with Gasteiger partial charge in [0, 0.05) is 32.0 Å². The molecule has 0 bridgehead atoms. The highest BCUT2D eigenvalue weighted by molar-refractivity contribution is 7.12. The number of hydrogen-bond acceptors (Lipinski definition) is 6. The molecule has 0 aliphatic rings. The molecule has 7 nitrogen and oxygen atoms in total. The average molecular weight is 528 g/mol. The Kier molecular flexibility index (Phi) is 9.67. The zero-order valence-electron chi connectivity index (χ0n) is 19.0. The Morgan fingerprint density at radius 3 is 2.74 bits per heavy atom. The molecule has 188 valence electrons. The molecule has 0 saturated heterocycles. The van der Waals surface area contributed by atoms with Gasteiger partial charge in [0.25, 0.3) is 0 Å². The molecular weight excluding hydrogens is 503 g/mol. The molecule has 3 heterocycles. The first-order chi connectivity index (χ1) is 16.8. The zero-order chi connectivity index (χ0) is 25.3. The fourth-order valence-corrected chi connectivity index (χ4v) is 4.23. The number of halogens is 4. The minimum Gasteiger partial charge on any atom is -0.396 e. The van der Waals surface area contributed by atoms with Crippen LogP contribution < -0.4 is 4.90 Å². The van der Waals surface area contributed by atoms with Gasteiger partial charge in [0.1, 0.15) is 12.3 Å². The molecule has 0 N–H and O–H groups in total. The van der Waals surface area contributed by atoms with Crippen molar-refractivity contribution in [1.82, 2.24) is 14.8 Å². The van der Waals surface area contributed by atoms with E-state index in [0.717, 1.165) is 4.88 Å². The lowest BCUT2D eigenvalue weighted by molar-refractivity contribution is -0.136. The summed E-state index contributed by atoms with van der Waals surface area (Å²) in [6, 6.07) is 7.31. The van der Waals surface area contributed by atoms with Crippen LogP contribution in [-0.2, 0) is 9.63 Å². The van der Waals surface area contributed by atoms with Crippen molar-refractivity contribution >= 4 is 40.2 Å². The molecule has 3 aromatic heterocycles. The van der Waals surface area contributed by atoms with Crippen molar-refractivity contribution in [2.75, 3.05) is 18.1 Å². The second-order valence-corrected chi connectivity index (χ2v) is 8.83. The number of hydrogen-bond donors (Lipinski definition) is 0. The van der Waals surface area contributed by atoms with Crippen molar-refractivity contribution in [3.63, 3.8) is 0 Å².